The van der Waals surface area contributed by atoms with Crippen molar-refractivity contribution < 1.29 is 10.2 Å². The predicted molar refractivity (Wildman–Crippen MR) is 71.7 cm³/mol. The number of aromatic nitrogens is 1. The molecular formula is C15H17NO2. The lowest BCUT2D eigenvalue weighted by Crippen LogP contribution is -2.11. The monoisotopic (exact) mass is 243 g/mol. The Morgan fingerprint density at radius 2 is 1.72 bits per heavy atom. The van der Waals surface area contributed by atoms with Crippen molar-refractivity contribution in [3.05, 3.63) is 42.1 Å². The zero-order valence-electron chi connectivity index (χ0n) is 10.8. The van der Waals surface area contributed by atoms with Crippen LogP contribution in [-0.2, 0) is 5.41 Å². The molecule has 3 heteroatoms. The summed E-state index contributed by atoms with van der Waals surface area (Å²) in [6.07, 6.45) is 1.61. The zero-order valence-corrected chi connectivity index (χ0v) is 10.8. The van der Waals surface area contributed by atoms with E-state index in [1.807, 2.05) is 32.9 Å². The minimum Gasteiger partial charge on any atom is -0.508 e. The fourth-order valence-electron chi connectivity index (χ4n) is 1.93. The van der Waals surface area contributed by atoms with Crippen molar-refractivity contribution in [3.63, 3.8) is 0 Å². The third kappa shape index (κ3) is 2.30. The van der Waals surface area contributed by atoms with E-state index in [1.165, 1.54) is 0 Å². The molecule has 1 aromatic heterocycles. The van der Waals surface area contributed by atoms with Gasteiger partial charge in [0.2, 0.25) is 0 Å². The Morgan fingerprint density at radius 1 is 1.00 bits per heavy atom. The fourth-order valence-corrected chi connectivity index (χ4v) is 1.93. The Bertz CT molecular complexity index is 571. The molecule has 0 bridgehead atoms. The van der Waals surface area contributed by atoms with Gasteiger partial charge in [-0.3, -0.25) is 4.98 Å². The van der Waals surface area contributed by atoms with E-state index < -0.39 is 0 Å². The molecule has 0 unspecified atom stereocenters. The molecule has 2 rings (SSSR count). The van der Waals surface area contributed by atoms with Crippen molar-refractivity contribution in [2.75, 3.05) is 0 Å². The van der Waals surface area contributed by atoms with Gasteiger partial charge in [0.15, 0.2) is 0 Å². The molecule has 0 fully saturated rings. The highest BCUT2D eigenvalue weighted by molar-refractivity contribution is 5.68. The molecule has 1 heterocycles. The molecule has 0 atom stereocenters. The van der Waals surface area contributed by atoms with Crippen molar-refractivity contribution in [2.24, 2.45) is 0 Å². The summed E-state index contributed by atoms with van der Waals surface area (Å²) < 4.78 is 0. The van der Waals surface area contributed by atoms with E-state index in [9.17, 15) is 10.2 Å². The molecule has 0 radical (unpaired) electrons. The first-order valence-corrected chi connectivity index (χ1v) is 5.87. The molecule has 0 aliphatic rings. The summed E-state index contributed by atoms with van der Waals surface area (Å²) >= 11 is 0. The summed E-state index contributed by atoms with van der Waals surface area (Å²) in [6.45, 7) is 6.12. The number of benzene rings is 1. The van der Waals surface area contributed by atoms with Crippen LogP contribution in [0, 0.1) is 0 Å². The third-order valence-corrected chi connectivity index (χ3v) is 2.87. The number of phenols is 1. The first kappa shape index (κ1) is 12.4. The molecule has 1 aromatic carbocycles. The number of rotatable bonds is 1. The van der Waals surface area contributed by atoms with Crippen LogP contribution in [0.4, 0.5) is 0 Å². The Hall–Kier alpha value is -2.03. The molecule has 18 heavy (non-hydrogen) atoms. The summed E-state index contributed by atoms with van der Waals surface area (Å²) in [4.78, 5) is 4.12. The number of phenolic OH excluding ortho intramolecular Hbond substituents is 1. The van der Waals surface area contributed by atoms with Gasteiger partial charge in [0.1, 0.15) is 17.2 Å². The quantitative estimate of drug-likeness (QED) is 0.806. The molecule has 2 N–H and O–H groups in total. The van der Waals surface area contributed by atoms with Gasteiger partial charge in [0.05, 0.1) is 0 Å². The molecule has 0 spiro atoms. The molecule has 3 nitrogen and oxygen atoms in total. The van der Waals surface area contributed by atoms with Gasteiger partial charge in [0, 0.05) is 11.8 Å². The lowest BCUT2D eigenvalue weighted by Gasteiger charge is -2.20. The Balaban J connectivity index is 2.51. The fraction of sp³-hybridized carbons (Fsp3) is 0.267. The highest BCUT2D eigenvalue weighted by Crippen LogP contribution is 2.35. The topological polar surface area (TPSA) is 53.4 Å². The number of hydrogen-bond acceptors (Lipinski definition) is 3. The van der Waals surface area contributed by atoms with E-state index in [4.69, 9.17) is 0 Å². The maximum atomic E-state index is 10.1. The van der Waals surface area contributed by atoms with Crippen LogP contribution in [0.15, 0.2) is 36.5 Å². The standard InChI is InChI=1S/C15H17NO2/c1-15(2,3)11-7-6-10(9-13(11)18)14-12(17)5-4-8-16-14/h4-9,17-18H,1-3H3. The second kappa shape index (κ2) is 4.33. The third-order valence-electron chi connectivity index (χ3n) is 2.87. The SMILES string of the molecule is CC(C)(C)c1ccc(-c2ncccc2O)cc1O. The van der Waals surface area contributed by atoms with Gasteiger partial charge < -0.3 is 10.2 Å². The summed E-state index contributed by atoms with van der Waals surface area (Å²) in [5.74, 6) is 0.338. The van der Waals surface area contributed by atoms with Crippen molar-refractivity contribution in [2.45, 2.75) is 26.2 Å². The van der Waals surface area contributed by atoms with E-state index in [0.717, 1.165) is 5.56 Å². The van der Waals surface area contributed by atoms with Crippen molar-refractivity contribution in [1.82, 2.24) is 4.98 Å². The van der Waals surface area contributed by atoms with Crippen LogP contribution >= 0.6 is 0 Å². The van der Waals surface area contributed by atoms with E-state index in [2.05, 4.69) is 4.98 Å². The second-order valence-electron chi connectivity index (χ2n) is 5.35. The van der Waals surface area contributed by atoms with Crippen LogP contribution < -0.4 is 0 Å². The van der Waals surface area contributed by atoms with Gasteiger partial charge in [-0.15, -0.1) is 0 Å². The lowest BCUT2D eigenvalue weighted by molar-refractivity contribution is 0.447. The zero-order chi connectivity index (χ0) is 13.3. The molecule has 94 valence electrons. The Kier molecular flexibility index (Phi) is 2.99. The maximum absolute atomic E-state index is 10.1. The average molecular weight is 243 g/mol. The van der Waals surface area contributed by atoms with Crippen LogP contribution in [0.25, 0.3) is 11.3 Å². The van der Waals surface area contributed by atoms with E-state index in [-0.39, 0.29) is 16.9 Å². The summed E-state index contributed by atoms with van der Waals surface area (Å²) in [5.41, 5.74) is 1.95. The number of nitrogens with zero attached hydrogens (tertiary/aromatic N) is 1. The molecule has 0 saturated heterocycles. The molecule has 0 aliphatic carbocycles. The minimum atomic E-state index is -0.116. The van der Waals surface area contributed by atoms with Crippen LogP contribution in [0.5, 0.6) is 11.5 Å². The van der Waals surface area contributed by atoms with E-state index in [1.54, 1.807) is 24.4 Å². The van der Waals surface area contributed by atoms with E-state index in [0.29, 0.717) is 11.3 Å². The predicted octanol–water partition coefficient (Wildman–Crippen LogP) is 3.46. The highest BCUT2D eigenvalue weighted by Gasteiger charge is 2.18. The first-order chi connectivity index (χ1) is 8.39. The summed E-state index contributed by atoms with van der Waals surface area (Å²) in [7, 11) is 0. The van der Waals surface area contributed by atoms with E-state index >= 15 is 0 Å². The number of aromatic hydroxyl groups is 2. The minimum absolute atomic E-state index is 0.111. The van der Waals surface area contributed by atoms with Gasteiger partial charge in [0.25, 0.3) is 0 Å². The maximum Gasteiger partial charge on any atom is 0.141 e. The van der Waals surface area contributed by atoms with Gasteiger partial charge in [-0.2, -0.15) is 0 Å². The van der Waals surface area contributed by atoms with Crippen molar-refractivity contribution >= 4 is 0 Å². The van der Waals surface area contributed by atoms with Crippen LogP contribution in [0.1, 0.15) is 26.3 Å². The van der Waals surface area contributed by atoms with Gasteiger partial charge in [-0.05, 0) is 29.2 Å². The number of hydrogen-bond donors (Lipinski definition) is 2. The highest BCUT2D eigenvalue weighted by atomic mass is 16.3. The number of pyridine rings is 1. The van der Waals surface area contributed by atoms with Gasteiger partial charge in [-0.1, -0.05) is 32.9 Å². The molecular weight excluding hydrogens is 226 g/mol. The van der Waals surface area contributed by atoms with Crippen LogP contribution in [-0.4, -0.2) is 15.2 Å². The molecule has 0 amide bonds. The average Bonchev–Trinajstić information content (AvgIpc) is 2.27. The van der Waals surface area contributed by atoms with Gasteiger partial charge in [-0.25, -0.2) is 0 Å². The molecule has 0 saturated carbocycles. The molecule has 2 aromatic rings. The first-order valence-electron chi connectivity index (χ1n) is 5.87. The Labute approximate surface area is 107 Å². The summed E-state index contributed by atoms with van der Waals surface area (Å²) in [5, 5.41) is 19.8. The lowest BCUT2D eigenvalue weighted by atomic mass is 9.85. The van der Waals surface area contributed by atoms with Crippen LogP contribution in [0.2, 0.25) is 0 Å². The smallest absolute Gasteiger partial charge is 0.141 e. The second-order valence-corrected chi connectivity index (χ2v) is 5.35. The largest absolute Gasteiger partial charge is 0.508 e. The normalized spacial score (nSPS) is 11.5. The van der Waals surface area contributed by atoms with Crippen molar-refractivity contribution in [1.29, 1.82) is 0 Å². The van der Waals surface area contributed by atoms with Gasteiger partial charge >= 0.3 is 0 Å². The Morgan fingerprint density at radius 3 is 2.28 bits per heavy atom. The molecule has 0 aliphatic heterocycles. The van der Waals surface area contributed by atoms with Crippen molar-refractivity contribution in [3.8, 4) is 22.8 Å². The summed E-state index contributed by atoms with van der Waals surface area (Å²) in [6, 6.07) is 8.63. The van der Waals surface area contributed by atoms with Crippen LogP contribution in [0.3, 0.4) is 0 Å².